The van der Waals surface area contributed by atoms with E-state index in [9.17, 15) is 0 Å². The summed E-state index contributed by atoms with van der Waals surface area (Å²) in [6.45, 7) is 3.62. The molecule has 6 heteroatoms. The largest absolute Gasteiger partial charge is 0.399 e. The Bertz CT molecular complexity index is 710. The van der Waals surface area contributed by atoms with Gasteiger partial charge in [0.1, 0.15) is 18.7 Å². The van der Waals surface area contributed by atoms with Crippen LogP contribution in [-0.4, -0.2) is 24.5 Å². The molecule has 0 amide bonds. The molecule has 2 aromatic heterocycles. The highest BCUT2D eigenvalue weighted by Gasteiger charge is 2.07. The predicted molar refractivity (Wildman–Crippen MR) is 81.5 cm³/mol. The van der Waals surface area contributed by atoms with E-state index >= 15 is 0 Å². The van der Waals surface area contributed by atoms with Gasteiger partial charge < -0.3 is 5.73 Å². The SMILES string of the molecule is CCCn1ncnc1Cn1cc(-c2ccc(N)cc2)cn1. The van der Waals surface area contributed by atoms with Crippen LogP contribution in [0.2, 0.25) is 0 Å². The lowest BCUT2D eigenvalue weighted by molar-refractivity contribution is 0.539. The van der Waals surface area contributed by atoms with E-state index in [1.807, 2.05) is 46.0 Å². The van der Waals surface area contributed by atoms with Crippen molar-refractivity contribution in [2.45, 2.75) is 26.4 Å². The summed E-state index contributed by atoms with van der Waals surface area (Å²) in [5.74, 6) is 0.920. The van der Waals surface area contributed by atoms with Crippen molar-refractivity contribution in [3.05, 3.63) is 48.8 Å². The highest BCUT2D eigenvalue weighted by molar-refractivity contribution is 5.63. The average molecular weight is 282 g/mol. The van der Waals surface area contributed by atoms with Gasteiger partial charge in [-0.15, -0.1) is 0 Å². The number of anilines is 1. The third-order valence-electron chi connectivity index (χ3n) is 3.31. The zero-order valence-corrected chi connectivity index (χ0v) is 12.0. The van der Waals surface area contributed by atoms with E-state index in [4.69, 9.17) is 5.73 Å². The summed E-state index contributed by atoms with van der Waals surface area (Å²) >= 11 is 0. The summed E-state index contributed by atoms with van der Waals surface area (Å²) in [7, 11) is 0. The Morgan fingerprint density at radius 3 is 2.67 bits per heavy atom. The van der Waals surface area contributed by atoms with Crippen LogP contribution in [0.15, 0.2) is 43.0 Å². The first-order chi connectivity index (χ1) is 10.3. The van der Waals surface area contributed by atoms with Crippen molar-refractivity contribution in [2.24, 2.45) is 0 Å². The number of nitrogens with zero attached hydrogens (tertiary/aromatic N) is 5. The number of benzene rings is 1. The first kappa shape index (κ1) is 13.4. The van der Waals surface area contributed by atoms with Gasteiger partial charge in [0.05, 0.1) is 6.20 Å². The maximum atomic E-state index is 5.71. The highest BCUT2D eigenvalue weighted by atomic mass is 15.4. The summed E-state index contributed by atoms with van der Waals surface area (Å²) in [5.41, 5.74) is 8.64. The number of hydrogen-bond donors (Lipinski definition) is 1. The van der Waals surface area contributed by atoms with Gasteiger partial charge in [-0.1, -0.05) is 19.1 Å². The minimum absolute atomic E-state index is 0.620. The number of rotatable bonds is 5. The van der Waals surface area contributed by atoms with Crippen molar-refractivity contribution in [3.63, 3.8) is 0 Å². The van der Waals surface area contributed by atoms with Gasteiger partial charge in [-0.25, -0.2) is 9.67 Å². The van der Waals surface area contributed by atoms with Crippen molar-refractivity contribution in [2.75, 3.05) is 5.73 Å². The maximum absolute atomic E-state index is 5.71. The van der Waals surface area contributed by atoms with Gasteiger partial charge >= 0.3 is 0 Å². The van der Waals surface area contributed by atoms with Crippen LogP contribution < -0.4 is 5.73 Å². The summed E-state index contributed by atoms with van der Waals surface area (Å²) in [6, 6.07) is 7.78. The third-order valence-corrected chi connectivity index (χ3v) is 3.31. The van der Waals surface area contributed by atoms with E-state index in [2.05, 4.69) is 22.1 Å². The van der Waals surface area contributed by atoms with E-state index in [0.29, 0.717) is 6.54 Å². The second kappa shape index (κ2) is 5.78. The lowest BCUT2D eigenvalue weighted by Gasteiger charge is -2.04. The Balaban J connectivity index is 1.78. The Kier molecular flexibility index (Phi) is 3.68. The molecule has 0 saturated heterocycles. The molecule has 0 saturated carbocycles. The fourth-order valence-corrected chi connectivity index (χ4v) is 2.23. The highest BCUT2D eigenvalue weighted by Crippen LogP contribution is 2.19. The minimum Gasteiger partial charge on any atom is -0.399 e. The molecule has 21 heavy (non-hydrogen) atoms. The molecule has 108 valence electrons. The summed E-state index contributed by atoms with van der Waals surface area (Å²) in [6.07, 6.45) is 6.49. The van der Waals surface area contributed by atoms with Crippen LogP contribution in [-0.2, 0) is 13.1 Å². The molecule has 1 aromatic carbocycles. The Morgan fingerprint density at radius 2 is 1.90 bits per heavy atom. The molecule has 6 nitrogen and oxygen atoms in total. The number of nitrogens with two attached hydrogens (primary N) is 1. The summed E-state index contributed by atoms with van der Waals surface area (Å²) < 4.78 is 3.80. The molecule has 0 atom stereocenters. The van der Waals surface area contributed by atoms with Crippen LogP contribution in [0.4, 0.5) is 5.69 Å². The summed E-state index contributed by atoms with van der Waals surface area (Å²) in [4.78, 5) is 4.30. The molecule has 0 radical (unpaired) electrons. The molecule has 0 aliphatic rings. The van der Waals surface area contributed by atoms with Crippen LogP contribution in [0, 0.1) is 0 Å². The molecule has 3 rings (SSSR count). The van der Waals surface area contributed by atoms with Gasteiger partial charge in [0.15, 0.2) is 0 Å². The third kappa shape index (κ3) is 2.94. The van der Waals surface area contributed by atoms with E-state index < -0.39 is 0 Å². The molecule has 0 bridgehead atoms. The van der Waals surface area contributed by atoms with E-state index in [-0.39, 0.29) is 0 Å². The van der Waals surface area contributed by atoms with Crippen molar-refractivity contribution < 1.29 is 0 Å². The molecule has 2 heterocycles. The molecule has 0 aliphatic carbocycles. The van der Waals surface area contributed by atoms with E-state index in [0.717, 1.165) is 35.6 Å². The molecule has 0 fully saturated rings. The smallest absolute Gasteiger partial charge is 0.148 e. The van der Waals surface area contributed by atoms with Gasteiger partial charge in [-0.3, -0.25) is 4.68 Å². The number of hydrogen-bond acceptors (Lipinski definition) is 4. The first-order valence-corrected chi connectivity index (χ1v) is 7.01. The summed E-state index contributed by atoms with van der Waals surface area (Å²) in [5, 5.41) is 8.62. The van der Waals surface area contributed by atoms with Crippen molar-refractivity contribution in [3.8, 4) is 11.1 Å². The van der Waals surface area contributed by atoms with Crippen LogP contribution in [0.25, 0.3) is 11.1 Å². The van der Waals surface area contributed by atoms with Gasteiger partial charge in [-0.05, 0) is 24.1 Å². The molecule has 0 spiro atoms. The van der Waals surface area contributed by atoms with Crippen LogP contribution in [0.1, 0.15) is 19.2 Å². The number of aromatic nitrogens is 5. The fraction of sp³-hybridized carbons (Fsp3) is 0.267. The Morgan fingerprint density at radius 1 is 1.10 bits per heavy atom. The van der Waals surface area contributed by atoms with Gasteiger partial charge in [0.2, 0.25) is 0 Å². The van der Waals surface area contributed by atoms with Gasteiger partial charge in [0.25, 0.3) is 0 Å². The zero-order chi connectivity index (χ0) is 14.7. The van der Waals surface area contributed by atoms with Gasteiger partial charge in [0, 0.05) is 24.0 Å². The molecule has 0 aliphatic heterocycles. The molecule has 0 unspecified atom stereocenters. The van der Waals surface area contributed by atoms with Crippen LogP contribution in [0.3, 0.4) is 0 Å². The monoisotopic (exact) mass is 282 g/mol. The quantitative estimate of drug-likeness (QED) is 0.728. The zero-order valence-electron chi connectivity index (χ0n) is 12.0. The maximum Gasteiger partial charge on any atom is 0.148 e. The molecular formula is C15H18N6. The van der Waals surface area contributed by atoms with Crippen molar-refractivity contribution >= 4 is 5.69 Å². The number of aryl methyl sites for hydroxylation is 1. The minimum atomic E-state index is 0.620. The fourth-order valence-electron chi connectivity index (χ4n) is 2.23. The standard InChI is InChI=1S/C15H18N6/c1-2-7-21-15(17-11-19-21)10-20-9-13(8-18-20)12-3-5-14(16)6-4-12/h3-6,8-9,11H,2,7,10,16H2,1H3. The number of nitrogen functional groups attached to an aromatic ring is 1. The van der Waals surface area contributed by atoms with Crippen molar-refractivity contribution in [1.82, 2.24) is 24.5 Å². The molecular weight excluding hydrogens is 264 g/mol. The Hall–Kier alpha value is -2.63. The lowest BCUT2D eigenvalue weighted by Crippen LogP contribution is -2.10. The topological polar surface area (TPSA) is 74.5 Å². The second-order valence-electron chi connectivity index (χ2n) is 4.95. The predicted octanol–water partition coefficient (Wildman–Crippen LogP) is 2.18. The van der Waals surface area contributed by atoms with Crippen LogP contribution in [0.5, 0.6) is 0 Å². The van der Waals surface area contributed by atoms with Gasteiger partial charge in [-0.2, -0.15) is 10.2 Å². The second-order valence-corrected chi connectivity index (χ2v) is 4.95. The van der Waals surface area contributed by atoms with E-state index in [1.54, 1.807) is 6.33 Å². The van der Waals surface area contributed by atoms with Crippen LogP contribution >= 0.6 is 0 Å². The Labute approximate surface area is 123 Å². The van der Waals surface area contributed by atoms with E-state index in [1.165, 1.54) is 0 Å². The average Bonchev–Trinajstić information content (AvgIpc) is 3.11. The first-order valence-electron chi connectivity index (χ1n) is 7.01. The normalized spacial score (nSPS) is 10.9. The molecule has 2 N–H and O–H groups in total. The van der Waals surface area contributed by atoms with Crippen molar-refractivity contribution in [1.29, 1.82) is 0 Å². The molecule has 3 aromatic rings. The lowest BCUT2D eigenvalue weighted by atomic mass is 10.1.